The number of benzene rings is 1. The fourth-order valence-electron chi connectivity index (χ4n) is 2.99. The van der Waals surface area contributed by atoms with Crippen LogP contribution in [-0.4, -0.2) is 59.5 Å². The summed E-state index contributed by atoms with van der Waals surface area (Å²) >= 11 is 1.53. The SMILES string of the molecule is COc1cccc(OC)c1-n1c(NSC2CON(C)C2)nnc1-c1ccco1. The number of para-hydroxylation sites is 1. The second kappa shape index (κ2) is 8.13. The molecular formula is C18H21N5O4S. The Morgan fingerprint density at radius 3 is 2.54 bits per heavy atom. The average Bonchev–Trinajstić information content (AvgIpc) is 3.46. The molecule has 1 aliphatic heterocycles. The Morgan fingerprint density at radius 2 is 1.93 bits per heavy atom. The fraction of sp³-hybridized carbons (Fsp3) is 0.333. The van der Waals surface area contributed by atoms with E-state index in [4.69, 9.17) is 18.7 Å². The summed E-state index contributed by atoms with van der Waals surface area (Å²) in [4.78, 5) is 5.48. The highest BCUT2D eigenvalue weighted by atomic mass is 32.2. The van der Waals surface area contributed by atoms with Crippen molar-refractivity contribution in [1.29, 1.82) is 0 Å². The highest BCUT2D eigenvalue weighted by Gasteiger charge is 2.26. The van der Waals surface area contributed by atoms with Gasteiger partial charge in [0.15, 0.2) is 5.76 Å². The summed E-state index contributed by atoms with van der Waals surface area (Å²) < 4.78 is 21.9. The molecule has 0 spiro atoms. The molecule has 10 heteroatoms. The van der Waals surface area contributed by atoms with Crippen molar-refractivity contribution in [3.8, 4) is 28.8 Å². The zero-order chi connectivity index (χ0) is 19.5. The van der Waals surface area contributed by atoms with Crippen LogP contribution in [0.1, 0.15) is 0 Å². The van der Waals surface area contributed by atoms with E-state index >= 15 is 0 Å². The molecule has 0 aliphatic carbocycles. The highest BCUT2D eigenvalue weighted by molar-refractivity contribution is 8.01. The lowest BCUT2D eigenvalue weighted by Gasteiger charge is -2.17. The maximum atomic E-state index is 5.58. The first-order valence-electron chi connectivity index (χ1n) is 8.67. The van der Waals surface area contributed by atoms with E-state index in [9.17, 15) is 0 Å². The smallest absolute Gasteiger partial charge is 0.239 e. The number of hydrogen-bond donors (Lipinski definition) is 1. The summed E-state index contributed by atoms with van der Waals surface area (Å²) in [7, 11) is 5.14. The number of furan rings is 1. The number of anilines is 1. The van der Waals surface area contributed by atoms with Gasteiger partial charge in [0, 0.05) is 13.6 Å². The van der Waals surface area contributed by atoms with Crippen LogP contribution in [0.3, 0.4) is 0 Å². The number of rotatable bonds is 7. The van der Waals surface area contributed by atoms with Crippen LogP contribution < -0.4 is 14.2 Å². The van der Waals surface area contributed by atoms with Crippen molar-refractivity contribution >= 4 is 17.9 Å². The van der Waals surface area contributed by atoms with Gasteiger partial charge in [0.05, 0.1) is 32.3 Å². The second-order valence-corrected chi connectivity index (χ2v) is 7.23. The number of hydrogen-bond acceptors (Lipinski definition) is 9. The van der Waals surface area contributed by atoms with E-state index in [2.05, 4.69) is 14.9 Å². The van der Waals surface area contributed by atoms with Gasteiger partial charge in [-0.25, -0.2) is 0 Å². The molecule has 1 fully saturated rings. The highest BCUT2D eigenvalue weighted by Crippen LogP contribution is 2.38. The van der Waals surface area contributed by atoms with Crippen molar-refractivity contribution in [2.24, 2.45) is 0 Å². The van der Waals surface area contributed by atoms with Crippen molar-refractivity contribution in [1.82, 2.24) is 19.8 Å². The number of ether oxygens (including phenoxy) is 2. The van der Waals surface area contributed by atoms with Gasteiger partial charge in [-0.15, -0.1) is 10.2 Å². The molecule has 1 atom stereocenters. The Kier molecular flexibility index (Phi) is 5.42. The first-order chi connectivity index (χ1) is 13.7. The largest absolute Gasteiger partial charge is 0.494 e. The third-order valence-electron chi connectivity index (χ3n) is 4.29. The van der Waals surface area contributed by atoms with E-state index in [1.54, 1.807) is 26.5 Å². The maximum Gasteiger partial charge on any atom is 0.239 e. The van der Waals surface area contributed by atoms with E-state index in [0.717, 1.165) is 6.54 Å². The summed E-state index contributed by atoms with van der Waals surface area (Å²) in [5.74, 6) is 2.92. The molecule has 148 valence electrons. The van der Waals surface area contributed by atoms with Gasteiger partial charge >= 0.3 is 0 Å². The van der Waals surface area contributed by atoms with Crippen LogP contribution in [0, 0.1) is 0 Å². The normalized spacial score (nSPS) is 17.0. The van der Waals surface area contributed by atoms with Gasteiger partial charge in [0.2, 0.25) is 11.8 Å². The summed E-state index contributed by atoms with van der Waals surface area (Å²) in [6, 6.07) is 9.23. The molecule has 3 heterocycles. The molecule has 4 rings (SSSR count). The molecular weight excluding hydrogens is 382 g/mol. The van der Waals surface area contributed by atoms with Crippen molar-refractivity contribution < 1.29 is 18.7 Å². The van der Waals surface area contributed by atoms with Gasteiger partial charge in [-0.2, -0.15) is 5.06 Å². The van der Waals surface area contributed by atoms with Crippen LogP contribution in [0.2, 0.25) is 0 Å². The molecule has 1 N–H and O–H groups in total. The topological polar surface area (TPSA) is 86.8 Å². The summed E-state index contributed by atoms with van der Waals surface area (Å²) in [6.45, 7) is 1.44. The third kappa shape index (κ3) is 3.53. The maximum absolute atomic E-state index is 5.58. The molecule has 28 heavy (non-hydrogen) atoms. The summed E-state index contributed by atoms with van der Waals surface area (Å²) in [6.07, 6.45) is 1.60. The summed E-state index contributed by atoms with van der Waals surface area (Å²) in [5, 5.41) is 10.8. The fourth-order valence-corrected chi connectivity index (χ4v) is 3.81. The zero-order valence-corrected chi connectivity index (χ0v) is 16.6. The first-order valence-corrected chi connectivity index (χ1v) is 9.55. The molecule has 1 aromatic carbocycles. The van der Waals surface area contributed by atoms with Gasteiger partial charge in [0.1, 0.15) is 17.2 Å². The van der Waals surface area contributed by atoms with Gasteiger partial charge in [-0.3, -0.25) is 14.1 Å². The number of nitrogens with zero attached hydrogens (tertiary/aromatic N) is 4. The Balaban J connectivity index is 1.77. The van der Waals surface area contributed by atoms with Crippen molar-refractivity contribution in [2.75, 3.05) is 39.1 Å². The van der Waals surface area contributed by atoms with Crippen molar-refractivity contribution in [3.63, 3.8) is 0 Å². The predicted molar refractivity (Wildman–Crippen MR) is 106 cm³/mol. The first kappa shape index (κ1) is 18.7. The molecule has 0 bridgehead atoms. The minimum atomic E-state index is 0.266. The molecule has 1 aliphatic rings. The Hall–Kier alpha value is -2.69. The number of aromatic nitrogens is 3. The van der Waals surface area contributed by atoms with Crippen molar-refractivity contribution in [3.05, 3.63) is 36.6 Å². The molecule has 3 aromatic rings. The minimum Gasteiger partial charge on any atom is -0.494 e. The molecule has 1 unspecified atom stereocenters. The zero-order valence-electron chi connectivity index (χ0n) is 15.8. The molecule has 0 amide bonds. The van der Waals surface area contributed by atoms with Crippen LogP contribution in [-0.2, 0) is 4.84 Å². The van der Waals surface area contributed by atoms with Gasteiger partial charge in [-0.05, 0) is 36.2 Å². The van der Waals surface area contributed by atoms with E-state index < -0.39 is 0 Å². The third-order valence-corrected chi connectivity index (χ3v) is 5.21. The van der Waals surface area contributed by atoms with Gasteiger partial charge in [-0.1, -0.05) is 6.07 Å². The summed E-state index contributed by atoms with van der Waals surface area (Å²) in [5.41, 5.74) is 0.687. The van der Waals surface area contributed by atoms with Crippen LogP contribution in [0.5, 0.6) is 11.5 Å². The minimum absolute atomic E-state index is 0.266. The Bertz CT molecular complexity index is 908. The number of methoxy groups -OCH3 is 2. The van der Waals surface area contributed by atoms with E-state index in [1.165, 1.54) is 11.9 Å². The number of hydroxylamine groups is 2. The Labute approximate surface area is 166 Å². The standard InChI is InChI=1S/C18H21N5O4S/c1-22-10-12(11-27-22)28-21-18-20-19-17(15-8-5-9-26-15)23(18)16-13(24-2)6-4-7-14(16)25-3/h4-9,12H,10-11H2,1-3H3,(H,20,21). The van der Waals surface area contributed by atoms with E-state index in [0.29, 0.717) is 41.3 Å². The molecule has 9 nitrogen and oxygen atoms in total. The van der Waals surface area contributed by atoms with Crippen molar-refractivity contribution in [2.45, 2.75) is 5.25 Å². The van der Waals surface area contributed by atoms with Gasteiger partial charge < -0.3 is 13.9 Å². The van der Waals surface area contributed by atoms with Crippen LogP contribution in [0.15, 0.2) is 41.0 Å². The molecule has 1 saturated heterocycles. The lowest BCUT2D eigenvalue weighted by Crippen LogP contribution is -2.16. The monoisotopic (exact) mass is 403 g/mol. The van der Waals surface area contributed by atoms with Crippen LogP contribution in [0.25, 0.3) is 17.3 Å². The molecule has 0 saturated carbocycles. The predicted octanol–water partition coefficient (Wildman–Crippen LogP) is 2.85. The van der Waals surface area contributed by atoms with Gasteiger partial charge in [0.25, 0.3) is 0 Å². The molecule has 0 radical (unpaired) electrons. The Morgan fingerprint density at radius 1 is 1.14 bits per heavy atom. The van der Waals surface area contributed by atoms with Crippen LogP contribution >= 0.6 is 11.9 Å². The molecule has 2 aromatic heterocycles. The second-order valence-electron chi connectivity index (χ2n) is 6.12. The quantitative estimate of drug-likeness (QED) is 0.598. The van der Waals surface area contributed by atoms with Crippen LogP contribution in [0.4, 0.5) is 5.95 Å². The van der Waals surface area contributed by atoms with E-state index in [1.807, 2.05) is 40.9 Å². The number of nitrogens with one attached hydrogen (secondary N) is 1. The lowest BCUT2D eigenvalue weighted by molar-refractivity contribution is -0.0866. The average molecular weight is 403 g/mol. The lowest BCUT2D eigenvalue weighted by atomic mass is 10.2. The van der Waals surface area contributed by atoms with E-state index in [-0.39, 0.29) is 5.25 Å².